The van der Waals surface area contributed by atoms with Crippen LogP contribution in [0, 0.1) is 0 Å². The Hall–Kier alpha value is -1.31. The number of nitrogens with one attached hydrogen (secondary N) is 2. The maximum atomic E-state index is 11.7. The molecule has 1 fully saturated rings. The van der Waals surface area contributed by atoms with Crippen LogP contribution in [0.1, 0.15) is 56.1 Å². The number of hydrogen-bond donors (Lipinski definition) is 2. The third-order valence-corrected chi connectivity index (χ3v) is 5.38. The summed E-state index contributed by atoms with van der Waals surface area (Å²) >= 11 is 0. The van der Waals surface area contributed by atoms with Gasteiger partial charge in [0.15, 0.2) is 5.96 Å². The standard InChI is InChI=1S/C21H32N4O.HI/c1-2-22-21(23-13-7-15-25-14-6-12-20(25)26)24-16-18-10-5-9-17-8-3-4-11-19(17)18;/h3-4,8,11,18H,2,5-7,9-10,12-16H2,1H3,(H2,22,23,24);1H. The van der Waals surface area contributed by atoms with E-state index >= 15 is 0 Å². The number of benzene rings is 1. The summed E-state index contributed by atoms with van der Waals surface area (Å²) in [5.74, 6) is 1.72. The highest BCUT2D eigenvalue weighted by molar-refractivity contribution is 14.0. The van der Waals surface area contributed by atoms with Crippen molar-refractivity contribution in [2.24, 2.45) is 4.99 Å². The summed E-state index contributed by atoms with van der Waals surface area (Å²) in [4.78, 5) is 18.5. The molecule has 3 rings (SSSR count). The number of aryl methyl sites for hydroxylation is 1. The van der Waals surface area contributed by atoms with Gasteiger partial charge < -0.3 is 15.5 Å². The number of aliphatic imine (C=N–C) groups is 1. The predicted molar refractivity (Wildman–Crippen MR) is 122 cm³/mol. The highest BCUT2D eigenvalue weighted by Crippen LogP contribution is 2.31. The third kappa shape index (κ3) is 6.36. The van der Waals surface area contributed by atoms with Gasteiger partial charge in [-0.05, 0) is 50.2 Å². The summed E-state index contributed by atoms with van der Waals surface area (Å²) in [7, 11) is 0. The van der Waals surface area contributed by atoms with Gasteiger partial charge in [0.25, 0.3) is 0 Å². The van der Waals surface area contributed by atoms with Crippen LogP contribution in [0.2, 0.25) is 0 Å². The smallest absolute Gasteiger partial charge is 0.222 e. The van der Waals surface area contributed by atoms with E-state index in [1.165, 1.54) is 30.4 Å². The van der Waals surface area contributed by atoms with Crippen molar-refractivity contribution in [2.75, 3.05) is 32.7 Å². The van der Waals surface area contributed by atoms with Gasteiger partial charge in [-0.3, -0.25) is 9.79 Å². The molecule has 1 aliphatic heterocycles. The van der Waals surface area contributed by atoms with Gasteiger partial charge in [0, 0.05) is 45.1 Å². The number of carbonyl (C=O) groups excluding carboxylic acids is 1. The molecule has 1 unspecified atom stereocenters. The summed E-state index contributed by atoms with van der Waals surface area (Å²) in [5, 5.41) is 6.77. The SMILES string of the molecule is CCNC(=NCC1CCCc2ccccc21)NCCCN1CCCC1=O.I. The number of likely N-dealkylation sites (tertiary alicyclic amines) is 1. The van der Waals surface area contributed by atoms with Crippen molar-refractivity contribution in [1.82, 2.24) is 15.5 Å². The van der Waals surface area contributed by atoms with E-state index in [2.05, 4.69) is 41.8 Å². The van der Waals surface area contributed by atoms with Gasteiger partial charge in [-0.15, -0.1) is 24.0 Å². The molecule has 1 aromatic carbocycles. The molecule has 1 aromatic rings. The summed E-state index contributed by atoms with van der Waals surface area (Å²) in [5.41, 5.74) is 2.97. The molecule has 0 saturated carbocycles. The van der Waals surface area contributed by atoms with Crippen molar-refractivity contribution >= 4 is 35.8 Å². The first-order valence-electron chi connectivity index (χ1n) is 10.2. The largest absolute Gasteiger partial charge is 0.357 e. The zero-order valence-electron chi connectivity index (χ0n) is 16.4. The van der Waals surface area contributed by atoms with E-state index in [-0.39, 0.29) is 24.0 Å². The molecule has 6 heteroatoms. The molecule has 2 aliphatic rings. The van der Waals surface area contributed by atoms with Crippen LogP contribution < -0.4 is 10.6 Å². The van der Waals surface area contributed by atoms with Crippen LogP contribution in [0.4, 0.5) is 0 Å². The minimum Gasteiger partial charge on any atom is -0.357 e. The van der Waals surface area contributed by atoms with Crippen LogP contribution in [0.5, 0.6) is 0 Å². The van der Waals surface area contributed by atoms with Gasteiger partial charge >= 0.3 is 0 Å². The van der Waals surface area contributed by atoms with Crippen LogP contribution in [0.3, 0.4) is 0 Å². The average molecular weight is 484 g/mol. The monoisotopic (exact) mass is 484 g/mol. The number of hydrogen-bond acceptors (Lipinski definition) is 2. The minimum absolute atomic E-state index is 0. The molecule has 0 bridgehead atoms. The molecule has 5 nitrogen and oxygen atoms in total. The Labute approximate surface area is 180 Å². The molecule has 1 amide bonds. The Bertz CT molecular complexity index is 634. The van der Waals surface area contributed by atoms with Gasteiger partial charge in [0.2, 0.25) is 5.91 Å². The maximum absolute atomic E-state index is 11.7. The highest BCUT2D eigenvalue weighted by atomic mass is 127. The number of fused-ring (bicyclic) bond motifs is 1. The second-order valence-corrected chi connectivity index (χ2v) is 7.27. The average Bonchev–Trinajstić information content (AvgIpc) is 3.08. The molecule has 27 heavy (non-hydrogen) atoms. The predicted octanol–water partition coefficient (Wildman–Crippen LogP) is 3.29. The molecule has 2 N–H and O–H groups in total. The number of nitrogens with zero attached hydrogens (tertiary/aromatic N) is 2. The second kappa shape index (κ2) is 11.5. The van der Waals surface area contributed by atoms with Crippen LogP contribution in [-0.4, -0.2) is 49.5 Å². The lowest BCUT2D eigenvalue weighted by atomic mass is 9.83. The normalized spacial score (nSPS) is 19.4. The molecule has 1 aliphatic carbocycles. The van der Waals surface area contributed by atoms with Gasteiger partial charge in [-0.1, -0.05) is 24.3 Å². The molecule has 0 radical (unpaired) electrons. The molecular formula is C21H33IN4O. The number of carbonyl (C=O) groups is 1. The zero-order chi connectivity index (χ0) is 18.2. The first kappa shape index (κ1) is 22.0. The number of halogens is 1. The van der Waals surface area contributed by atoms with Crippen molar-refractivity contribution in [3.63, 3.8) is 0 Å². The lowest BCUT2D eigenvalue weighted by Crippen LogP contribution is -2.39. The van der Waals surface area contributed by atoms with Crippen molar-refractivity contribution < 1.29 is 4.79 Å². The Kier molecular flexibility index (Phi) is 9.38. The highest BCUT2D eigenvalue weighted by Gasteiger charge is 2.20. The Morgan fingerprint density at radius 1 is 1.22 bits per heavy atom. The molecule has 150 valence electrons. The fourth-order valence-corrected chi connectivity index (χ4v) is 4.00. The number of rotatable bonds is 7. The van der Waals surface area contributed by atoms with E-state index in [0.717, 1.165) is 57.9 Å². The van der Waals surface area contributed by atoms with Crippen molar-refractivity contribution in [3.8, 4) is 0 Å². The van der Waals surface area contributed by atoms with Gasteiger partial charge in [-0.25, -0.2) is 0 Å². The summed E-state index contributed by atoms with van der Waals surface area (Å²) < 4.78 is 0. The van der Waals surface area contributed by atoms with Crippen LogP contribution in [0.25, 0.3) is 0 Å². The lowest BCUT2D eigenvalue weighted by Gasteiger charge is -2.24. The van der Waals surface area contributed by atoms with Crippen molar-refractivity contribution in [3.05, 3.63) is 35.4 Å². The van der Waals surface area contributed by atoms with E-state index in [1.54, 1.807) is 0 Å². The fourth-order valence-electron chi connectivity index (χ4n) is 4.00. The summed E-state index contributed by atoms with van der Waals surface area (Å²) in [6, 6.07) is 8.81. The van der Waals surface area contributed by atoms with Crippen molar-refractivity contribution in [2.45, 2.75) is 51.4 Å². The molecule has 0 aromatic heterocycles. The molecule has 1 atom stereocenters. The topological polar surface area (TPSA) is 56.7 Å². The Balaban J connectivity index is 0.00000261. The zero-order valence-corrected chi connectivity index (χ0v) is 18.7. The lowest BCUT2D eigenvalue weighted by molar-refractivity contribution is -0.127. The molecule has 1 saturated heterocycles. The van der Waals surface area contributed by atoms with E-state index < -0.39 is 0 Å². The van der Waals surface area contributed by atoms with Crippen LogP contribution in [0.15, 0.2) is 29.3 Å². The van der Waals surface area contributed by atoms with Crippen molar-refractivity contribution in [1.29, 1.82) is 0 Å². The number of amides is 1. The first-order chi connectivity index (χ1) is 12.8. The Morgan fingerprint density at radius 2 is 2.07 bits per heavy atom. The van der Waals surface area contributed by atoms with E-state index in [4.69, 9.17) is 4.99 Å². The van der Waals surface area contributed by atoms with E-state index in [9.17, 15) is 4.79 Å². The van der Waals surface area contributed by atoms with Gasteiger partial charge in [0.1, 0.15) is 0 Å². The molecule has 1 heterocycles. The van der Waals surface area contributed by atoms with Crippen LogP contribution >= 0.6 is 24.0 Å². The Morgan fingerprint density at radius 3 is 2.85 bits per heavy atom. The minimum atomic E-state index is 0. The first-order valence-corrected chi connectivity index (χ1v) is 10.2. The van der Waals surface area contributed by atoms with Gasteiger partial charge in [0.05, 0.1) is 0 Å². The van der Waals surface area contributed by atoms with E-state index in [1.807, 2.05) is 4.90 Å². The molecular weight excluding hydrogens is 451 g/mol. The quantitative estimate of drug-likeness (QED) is 0.270. The molecule has 0 spiro atoms. The maximum Gasteiger partial charge on any atom is 0.222 e. The van der Waals surface area contributed by atoms with Crippen LogP contribution in [-0.2, 0) is 11.2 Å². The van der Waals surface area contributed by atoms with Gasteiger partial charge in [-0.2, -0.15) is 0 Å². The summed E-state index contributed by atoms with van der Waals surface area (Å²) in [6.07, 6.45) is 6.37. The third-order valence-electron chi connectivity index (χ3n) is 5.38. The number of guanidine groups is 1. The second-order valence-electron chi connectivity index (χ2n) is 7.27. The van der Waals surface area contributed by atoms with E-state index in [0.29, 0.717) is 11.8 Å². The fraction of sp³-hybridized carbons (Fsp3) is 0.619. The summed E-state index contributed by atoms with van der Waals surface area (Å²) in [6.45, 7) is 6.40.